The lowest BCUT2D eigenvalue weighted by molar-refractivity contribution is 0.0972. The molecule has 0 saturated carbocycles. The van der Waals surface area contributed by atoms with Gasteiger partial charge in [-0.2, -0.15) is 4.98 Å². The molecule has 8 nitrogen and oxygen atoms in total. The third-order valence-corrected chi connectivity index (χ3v) is 8.12. The number of rotatable bonds is 7. The summed E-state index contributed by atoms with van der Waals surface area (Å²) in [5.74, 6) is 1.10. The SMILES string of the molecule is COc1cc2c(cc1Nc1ncc(Cl)c(Nc3ccccc3S(=O)(=O)C(C)C)n1)C(=O)CCC2. The van der Waals surface area contributed by atoms with E-state index >= 15 is 0 Å². The van der Waals surface area contributed by atoms with Crippen molar-refractivity contribution >= 4 is 50.4 Å². The lowest BCUT2D eigenvalue weighted by Crippen LogP contribution is -2.15. The molecule has 0 fully saturated rings. The number of hydrogen-bond donors (Lipinski definition) is 2. The quantitative estimate of drug-likeness (QED) is 0.448. The number of nitrogens with one attached hydrogen (secondary N) is 2. The summed E-state index contributed by atoms with van der Waals surface area (Å²) in [6.45, 7) is 3.25. The molecule has 34 heavy (non-hydrogen) atoms. The highest BCUT2D eigenvalue weighted by Gasteiger charge is 2.24. The Morgan fingerprint density at radius 2 is 1.85 bits per heavy atom. The van der Waals surface area contributed by atoms with Crippen LogP contribution in [0.3, 0.4) is 0 Å². The molecule has 1 aromatic heterocycles. The average Bonchev–Trinajstić information content (AvgIpc) is 2.81. The van der Waals surface area contributed by atoms with Crippen molar-refractivity contribution < 1.29 is 17.9 Å². The third kappa shape index (κ3) is 4.71. The Kier molecular flexibility index (Phi) is 6.77. The number of benzene rings is 2. The van der Waals surface area contributed by atoms with Crippen LogP contribution in [0.2, 0.25) is 5.02 Å². The van der Waals surface area contributed by atoms with Crippen LogP contribution in [-0.4, -0.2) is 36.5 Å². The smallest absolute Gasteiger partial charge is 0.229 e. The second kappa shape index (κ2) is 9.60. The number of para-hydroxylation sites is 1. The van der Waals surface area contributed by atoms with Gasteiger partial charge < -0.3 is 15.4 Å². The Labute approximate surface area is 203 Å². The molecule has 1 aliphatic rings. The molecule has 0 saturated heterocycles. The molecule has 0 atom stereocenters. The maximum absolute atomic E-state index is 12.8. The van der Waals surface area contributed by atoms with Crippen LogP contribution < -0.4 is 15.4 Å². The molecule has 0 aliphatic heterocycles. The second-order valence-corrected chi connectivity index (χ2v) is 11.1. The lowest BCUT2D eigenvalue weighted by Gasteiger charge is -2.19. The van der Waals surface area contributed by atoms with Crippen LogP contribution in [0, 0.1) is 0 Å². The molecule has 0 amide bonds. The second-order valence-electron chi connectivity index (χ2n) is 8.22. The molecule has 10 heteroatoms. The summed E-state index contributed by atoms with van der Waals surface area (Å²) < 4.78 is 31.1. The van der Waals surface area contributed by atoms with E-state index in [9.17, 15) is 13.2 Å². The van der Waals surface area contributed by atoms with E-state index in [1.165, 1.54) is 6.20 Å². The van der Waals surface area contributed by atoms with Crippen molar-refractivity contribution in [3.63, 3.8) is 0 Å². The molecule has 1 aliphatic carbocycles. The number of aryl methyl sites for hydroxylation is 1. The fourth-order valence-electron chi connectivity index (χ4n) is 3.76. The largest absolute Gasteiger partial charge is 0.495 e. The third-order valence-electron chi connectivity index (χ3n) is 5.63. The summed E-state index contributed by atoms with van der Waals surface area (Å²) in [4.78, 5) is 21.2. The number of nitrogens with zero attached hydrogens (tertiary/aromatic N) is 2. The van der Waals surface area contributed by atoms with E-state index in [1.807, 2.05) is 6.07 Å². The molecule has 4 rings (SSSR count). The van der Waals surface area contributed by atoms with Crippen molar-refractivity contribution in [2.24, 2.45) is 0 Å². The van der Waals surface area contributed by atoms with E-state index in [2.05, 4.69) is 20.6 Å². The first kappa shape index (κ1) is 24.0. The predicted octanol–water partition coefficient (Wildman–Crippen LogP) is 5.33. The monoisotopic (exact) mass is 500 g/mol. The summed E-state index contributed by atoms with van der Waals surface area (Å²) >= 11 is 6.32. The average molecular weight is 501 g/mol. The highest BCUT2D eigenvalue weighted by Crippen LogP contribution is 2.35. The molecule has 0 radical (unpaired) electrons. The summed E-state index contributed by atoms with van der Waals surface area (Å²) in [6.07, 6.45) is 3.57. The Balaban J connectivity index is 1.68. The number of carbonyl (C=O) groups is 1. The molecule has 1 heterocycles. The predicted molar refractivity (Wildman–Crippen MR) is 133 cm³/mol. The van der Waals surface area contributed by atoms with Crippen molar-refractivity contribution in [2.45, 2.75) is 43.3 Å². The Morgan fingerprint density at radius 3 is 2.59 bits per heavy atom. The van der Waals surface area contributed by atoms with Gasteiger partial charge in [0.05, 0.1) is 34.8 Å². The van der Waals surface area contributed by atoms with Gasteiger partial charge in [0.1, 0.15) is 10.8 Å². The standard InChI is InChI=1S/C24H25ClN4O4S/c1-14(2)34(31,32)22-10-5-4-8-18(22)27-23-17(25)13-26-24(29-23)28-19-12-16-15(11-21(19)33-3)7-6-9-20(16)30/h4-5,8,10-14H,6-7,9H2,1-3H3,(H2,26,27,28,29). The van der Waals surface area contributed by atoms with Gasteiger partial charge in [-0.15, -0.1) is 0 Å². The van der Waals surface area contributed by atoms with Gasteiger partial charge >= 0.3 is 0 Å². The topological polar surface area (TPSA) is 110 Å². The van der Waals surface area contributed by atoms with Crippen molar-refractivity contribution in [3.8, 4) is 5.75 Å². The summed E-state index contributed by atoms with van der Waals surface area (Å²) in [5.41, 5.74) is 2.53. The molecule has 2 aromatic carbocycles. The fourth-order valence-corrected chi connectivity index (χ4v) is 5.10. The maximum Gasteiger partial charge on any atom is 0.229 e. The first-order chi connectivity index (χ1) is 16.2. The molecule has 3 aromatic rings. The van der Waals surface area contributed by atoms with Crippen LogP contribution in [0.4, 0.5) is 23.1 Å². The van der Waals surface area contributed by atoms with Gasteiger partial charge in [0.15, 0.2) is 21.4 Å². The number of hydrogen-bond acceptors (Lipinski definition) is 8. The number of Topliss-reactive ketones (excluding diaryl/α,β-unsaturated/α-hetero) is 1. The number of anilines is 4. The van der Waals surface area contributed by atoms with Gasteiger partial charge in [0.2, 0.25) is 5.95 Å². The lowest BCUT2D eigenvalue weighted by atomic mass is 9.90. The first-order valence-corrected chi connectivity index (χ1v) is 12.8. The van der Waals surface area contributed by atoms with Crippen LogP contribution in [0.1, 0.15) is 42.6 Å². The van der Waals surface area contributed by atoms with Gasteiger partial charge in [0, 0.05) is 12.0 Å². The highest BCUT2D eigenvalue weighted by atomic mass is 35.5. The van der Waals surface area contributed by atoms with Gasteiger partial charge in [0.25, 0.3) is 0 Å². The van der Waals surface area contributed by atoms with E-state index in [-0.39, 0.29) is 27.5 Å². The minimum absolute atomic E-state index is 0.0919. The molecule has 2 N–H and O–H groups in total. The van der Waals surface area contributed by atoms with E-state index in [0.717, 1.165) is 18.4 Å². The van der Waals surface area contributed by atoms with Crippen molar-refractivity contribution in [2.75, 3.05) is 17.7 Å². The Bertz CT molecular complexity index is 1360. The van der Waals surface area contributed by atoms with E-state index in [0.29, 0.717) is 29.1 Å². The van der Waals surface area contributed by atoms with Crippen molar-refractivity contribution in [1.82, 2.24) is 9.97 Å². The Hall–Kier alpha value is -3.17. The number of sulfone groups is 1. The van der Waals surface area contributed by atoms with Crippen LogP contribution in [-0.2, 0) is 16.3 Å². The molecular formula is C24H25ClN4O4S. The van der Waals surface area contributed by atoms with Crippen LogP contribution in [0.15, 0.2) is 47.5 Å². The van der Waals surface area contributed by atoms with Gasteiger partial charge in [-0.3, -0.25) is 4.79 Å². The van der Waals surface area contributed by atoms with E-state index in [1.54, 1.807) is 51.3 Å². The summed E-state index contributed by atoms with van der Waals surface area (Å²) in [7, 11) is -1.98. The zero-order valence-electron chi connectivity index (χ0n) is 19.1. The summed E-state index contributed by atoms with van der Waals surface area (Å²) in [5, 5.41) is 5.75. The number of ketones is 1. The normalized spacial score (nSPS) is 13.5. The zero-order chi connectivity index (χ0) is 24.5. The molecule has 0 unspecified atom stereocenters. The van der Waals surface area contributed by atoms with Crippen molar-refractivity contribution in [3.05, 3.63) is 58.7 Å². The number of methoxy groups -OCH3 is 1. The fraction of sp³-hybridized carbons (Fsp3) is 0.292. The molecule has 0 bridgehead atoms. The zero-order valence-corrected chi connectivity index (χ0v) is 20.6. The van der Waals surface area contributed by atoms with Crippen LogP contribution >= 0.6 is 11.6 Å². The number of fused-ring (bicyclic) bond motifs is 1. The summed E-state index contributed by atoms with van der Waals surface area (Å²) in [6, 6.07) is 10.2. The van der Waals surface area contributed by atoms with Crippen LogP contribution in [0.5, 0.6) is 5.75 Å². The molecular weight excluding hydrogens is 476 g/mol. The highest BCUT2D eigenvalue weighted by molar-refractivity contribution is 7.92. The minimum atomic E-state index is -3.54. The number of carbonyl (C=O) groups excluding carboxylic acids is 1. The van der Waals surface area contributed by atoms with Gasteiger partial charge in [-0.25, -0.2) is 13.4 Å². The van der Waals surface area contributed by atoms with E-state index < -0.39 is 15.1 Å². The number of halogens is 1. The van der Waals surface area contributed by atoms with Crippen molar-refractivity contribution in [1.29, 1.82) is 0 Å². The minimum Gasteiger partial charge on any atom is -0.495 e. The van der Waals surface area contributed by atoms with Crippen LogP contribution in [0.25, 0.3) is 0 Å². The van der Waals surface area contributed by atoms with Gasteiger partial charge in [-0.05, 0) is 56.5 Å². The number of ether oxygens (including phenoxy) is 1. The Morgan fingerprint density at radius 1 is 1.09 bits per heavy atom. The molecule has 0 spiro atoms. The maximum atomic E-state index is 12.8. The number of aromatic nitrogens is 2. The van der Waals surface area contributed by atoms with E-state index in [4.69, 9.17) is 16.3 Å². The first-order valence-electron chi connectivity index (χ1n) is 10.8. The van der Waals surface area contributed by atoms with Gasteiger partial charge in [-0.1, -0.05) is 23.7 Å². The molecule has 178 valence electrons.